The minimum absolute atomic E-state index is 0.0566. The van der Waals surface area contributed by atoms with Crippen molar-refractivity contribution in [3.05, 3.63) is 71.8 Å². The summed E-state index contributed by atoms with van der Waals surface area (Å²) in [4.78, 5) is 78.3. The largest absolute Gasteiger partial charge is 0.480 e. The first-order valence-corrected chi connectivity index (χ1v) is 14.6. The number of ketones is 1. The van der Waals surface area contributed by atoms with Crippen LogP contribution in [0.15, 0.2) is 60.7 Å². The van der Waals surface area contributed by atoms with Gasteiger partial charge in [-0.2, -0.15) is 0 Å². The fraction of sp³-hybridized carbons (Fsp3) is 0.438. The van der Waals surface area contributed by atoms with Crippen LogP contribution in [0.2, 0.25) is 0 Å². The monoisotopic (exact) mass is 592 g/mol. The third kappa shape index (κ3) is 9.22. The first-order valence-electron chi connectivity index (χ1n) is 14.6. The molecule has 1 heterocycles. The van der Waals surface area contributed by atoms with Crippen molar-refractivity contribution in [2.45, 2.75) is 77.0 Å². The van der Waals surface area contributed by atoms with Crippen LogP contribution < -0.4 is 16.0 Å². The molecule has 0 bridgehead atoms. The van der Waals surface area contributed by atoms with Gasteiger partial charge in [0.25, 0.3) is 5.91 Å². The molecule has 1 saturated heterocycles. The molecule has 43 heavy (non-hydrogen) atoms. The zero-order chi connectivity index (χ0) is 31.5. The second-order valence-electron chi connectivity index (χ2n) is 10.9. The van der Waals surface area contributed by atoms with E-state index < -0.39 is 53.6 Å². The molecule has 4 amide bonds. The minimum atomic E-state index is -1.26. The predicted molar refractivity (Wildman–Crippen MR) is 159 cm³/mol. The van der Waals surface area contributed by atoms with Crippen LogP contribution in [-0.2, 0) is 41.6 Å². The topological polar surface area (TPSA) is 162 Å². The summed E-state index contributed by atoms with van der Waals surface area (Å²) in [5.74, 6) is -5.11. The quantitative estimate of drug-likeness (QED) is 0.243. The molecule has 11 nitrogen and oxygen atoms in total. The van der Waals surface area contributed by atoms with E-state index in [1.165, 1.54) is 11.8 Å². The lowest BCUT2D eigenvalue weighted by Crippen LogP contribution is -2.58. The highest BCUT2D eigenvalue weighted by atomic mass is 16.4. The van der Waals surface area contributed by atoms with E-state index in [9.17, 15) is 33.9 Å². The average molecular weight is 593 g/mol. The van der Waals surface area contributed by atoms with Gasteiger partial charge in [-0.3, -0.25) is 24.0 Å². The predicted octanol–water partition coefficient (Wildman–Crippen LogP) is 1.64. The number of amides is 4. The Labute approximate surface area is 251 Å². The lowest BCUT2D eigenvalue weighted by atomic mass is 9.97. The van der Waals surface area contributed by atoms with Crippen LogP contribution in [0.4, 0.5) is 0 Å². The summed E-state index contributed by atoms with van der Waals surface area (Å²) in [5, 5.41) is 17.3. The van der Waals surface area contributed by atoms with Crippen molar-refractivity contribution >= 4 is 35.4 Å². The maximum Gasteiger partial charge on any atom is 0.326 e. The number of carboxylic acid groups (broad SMARTS) is 1. The third-order valence-corrected chi connectivity index (χ3v) is 7.70. The zero-order valence-corrected chi connectivity index (χ0v) is 24.7. The van der Waals surface area contributed by atoms with Crippen molar-refractivity contribution in [2.75, 3.05) is 6.54 Å². The van der Waals surface area contributed by atoms with E-state index in [-0.39, 0.29) is 31.2 Å². The first kappa shape index (κ1) is 33.0. The number of nitrogens with zero attached hydrogens (tertiary/aromatic N) is 1. The molecule has 230 valence electrons. The van der Waals surface area contributed by atoms with Crippen LogP contribution in [0, 0.1) is 5.92 Å². The van der Waals surface area contributed by atoms with Crippen molar-refractivity contribution < 1.29 is 33.9 Å². The number of nitrogens with one attached hydrogen (secondary N) is 3. The Bertz CT molecular complexity index is 1300. The highest BCUT2D eigenvalue weighted by Gasteiger charge is 2.40. The number of carbonyl (C=O) groups excluding carboxylic acids is 5. The smallest absolute Gasteiger partial charge is 0.326 e. The number of Topliss-reactive ketones (excluding diaryl/α,β-unsaturated/α-hetero) is 1. The normalized spacial score (nSPS) is 17.2. The number of hydrogen-bond donors (Lipinski definition) is 4. The SMILES string of the molecule is CC[C@H](C)[C@H](NC(=O)C(=O)C(C)NC(=O)[C@H](Cc1ccccc1)NC(=O)Cc1ccccc1)C(=O)N1CCC[C@H]1C(=O)O. The molecule has 1 aliphatic rings. The first-order chi connectivity index (χ1) is 20.5. The van der Waals surface area contributed by atoms with Gasteiger partial charge >= 0.3 is 5.97 Å². The van der Waals surface area contributed by atoms with E-state index >= 15 is 0 Å². The summed E-state index contributed by atoms with van der Waals surface area (Å²) < 4.78 is 0. The van der Waals surface area contributed by atoms with Crippen LogP contribution in [0.1, 0.15) is 51.2 Å². The van der Waals surface area contributed by atoms with E-state index in [0.29, 0.717) is 19.3 Å². The van der Waals surface area contributed by atoms with Gasteiger partial charge < -0.3 is 26.0 Å². The fourth-order valence-electron chi connectivity index (χ4n) is 5.02. The van der Waals surface area contributed by atoms with Crippen LogP contribution in [0.5, 0.6) is 0 Å². The summed E-state index contributed by atoms with van der Waals surface area (Å²) >= 11 is 0. The van der Waals surface area contributed by atoms with E-state index in [1.807, 2.05) is 55.5 Å². The highest BCUT2D eigenvalue weighted by molar-refractivity contribution is 6.38. The number of carbonyl (C=O) groups is 6. The molecular weight excluding hydrogens is 552 g/mol. The van der Waals surface area contributed by atoms with E-state index in [4.69, 9.17) is 0 Å². The summed E-state index contributed by atoms with van der Waals surface area (Å²) in [5.41, 5.74) is 1.56. The van der Waals surface area contributed by atoms with E-state index in [0.717, 1.165) is 11.1 Å². The number of benzene rings is 2. The van der Waals surface area contributed by atoms with Gasteiger partial charge in [-0.05, 0) is 36.8 Å². The summed E-state index contributed by atoms with van der Waals surface area (Å²) in [6.45, 7) is 5.15. The second-order valence-corrected chi connectivity index (χ2v) is 10.9. The molecule has 3 rings (SSSR count). The van der Waals surface area contributed by atoms with E-state index in [2.05, 4.69) is 16.0 Å². The molecule has 0 saturated carbocycles. The minimum Gasteiger partial charge on any atom is -0.480 e. The summed E-state index contributed by atoms with van der Waals surface area (Å²) in [7, 11) is 0. The number of rotatable bonds is 14. The molecule has 4 N–H and O–H groups in total. The molecule has 0 aliphatic carbocycles. The maximum absolute atomic E-state index is 13.3. The Balaban J connectivity index is 1.68. The van der Waals surface area contributed by atoms with Crippen LogP contribution in [0.3, 0.4) is 0 Å². The maximum atomic E-state index is 13.3. The Morgan fingerprint density at radius 2 is 1.49 bits per heavy atom. The van der Waals surface area contributed by atoms with Gasteiger partial charge in [-0.15, -0.1) is 0 Å². The van der Waals surface area contributed by atoms with Crippen molar-refractivity contribution in [2.24, 2.45) is 5.92 Å². The third-order valence-electron chi connectivity index (χ3n) is 7.70. The molecule has 0 aromatic heterocycles. The summed E-state index contributed by atoms with van der Waals surface area (Å²) in [6.07, 6.45) is 1.55. The van der Waals surface area contributed by atoms with Gasteiger partial charge in [0, 0.05) is 13.0 Å². The zero-order valence-electron chi connectivity index (χ0n) is 24.7. The Morgan fingerprint density at radius 3 is 2.07 bits per heavy atom. The molecule has 1 aliphatic heterocycles. The van der Waals surface area contributed by atoms with Gasteiger partial charge in [0.2, 0.25) is 23.5 Å². The molecule has 0 spiro atoms. The van der Waals surface area contributed by atoms with Gasteiger partial charge in [0.15, 0.2) is 0 Å². The van der Waals surface area contributed by atoms with Crippen molar-refractivity contribution in [1.29, 1.82) is 0 Å². The van der Waals surface area contributed by atoms with Crippen LogP contribution in [0.25, 0.3) is 0 Å². The van der Waals surface area contributed by atoms with Gasteiger partial charge in [0.1, 0.15) is 18.1 Å². The molecule has 5 atom stereocenters. The Hall–Kier alpha value is -4.54. The molecule has 2 aromatic rings. The molecule has 1 fully saturated rings. The number of carboxylic acids is 1. The molecule has 1 unspecified atom stereocenters. The molecule has 2 aromatic carbocycles. The fourth-order valence-corrected chi connectivity index (χ4v) is 5.02. The van der Waals surface area contributed by atoms with Crippen molar-refractivity contribution in [1.82, 2.24) is 20.9 Å². The van der Waals surface area contributed by atoms with Crippen molar-refractivity contribution in [3.8, 4) is 0 Å². The summed E-state index contributed by atoms with van der Waals surface area (Å²) in [6, 6.07) is 13.8. The number of hydrogen-bond acceptors (Lipinski definition) is 6. The lowest BCUT2D eigenvalue weighted by molar-refractivity contribution is -0.150. The van der Waals surface area contributed by atoms with E-state index in [1.54, 1.807) is 19.1 Å². The molecular formula is C32H40N4O7. The molecule has 11 heteroatoms. The second kappa shape index (κ2) is 15.6. The Morgan fingerprint density at radius 1 is 0.884 bits per heavy atom. The van der Waals surface area contributed by atoms with Crippen LogP contribution in [-0.4, -0.2) is 76.1 Å². The van der Waals surface area contributed by atoms with Gasteiger partial charge in [0.05, 0.1) is 12.5 Å². The lowest BCUT2D eigenvalue weighted by Gasteiger charge is -2.30. The number of aliphatic carboxylic acids is 1. The van der Waals surface area contributed by atoms with Crippen molar-refractivity contribution in [3.63, 3.8) is 0 Å². The van der Waals surface area contributed by atoms with Gasteiger partial charge in [-0.1, -0.05) is 80.9 Å². The Kier molecular flexibility index (Phi) is 12.0. The molecule has 0 radical (unpaired) electrons. The standard InChI is InChI=1S/C32H40N4O7/c1-4-20(2)27(31(41)36-17-11-16-25(36)32(42)43)35-30(40)28(38)21(3)33-29(39)24(18-22-12-7-5-8-13-22)34-26(37)19-23-14-9-6-10-15-23/h5-10,12-15,20-21,24-25,27H,4,11,16-19H2,1-3H3,(H,33,39)(H,34,37)(H,35,40)(H,42,43)/t20-,21?,24-,25-,27-/m0/s1. The van der Waals surface area contributed by atoms with Crippen LogP contribution >= 0.6 is 0 Å². The van der Waals surface area contributed by atoms with Gasteiger partial charge in [-0.25, -0.2) is 4.79 Å². The average Bonchev–Trinajstić information content (AvgIpc) is 3.50. The number of likely N-dealkylation sites (tertiary alicyclic amines) is 1. The highest BCUT2D eigenvalue weighted by Crippen LogP contribution is 2.21.